The highest BCUT2D eigenvalue weighted by molar-refractivity contribution is 7.15. The van der Waals surface area contributed by atoms with Crippen LogP contribution >= 0.6 is 22.9 Å². The van der Waals surface area contributed by atoms with Crippen molar-refractivity contribution in [1.29, 1.82) is 0 Å². The maximum atomic E-state index is 13.0. The molecule has 0 radical (unpaired) electrons. The average molecular weight is 442 g/mol. The van der Waals surface area contributed by atoms with Crippen LogP contribution in [0.3, 0.4) is 0 Å². The van der Waals surface area contributed by atoms with Crippen LogP contribution < -0.4 is 10.1 Å². The zero-order valence-corrected chi connectivity index (χ0v) is 17.9. The molecule has 3 heterocycles. The molecule has 1 aliphatic heterocycles. The molecule has 1 aliphatic rings. The summed E-state index contributed by atoms with van der Waals surface area (Å²) in [6.45, 7) is 6.74. The number of pyridine rings is 1. The van der Waals surface area contributed by atoms with Gasteiger partial charge in [-0.2, -0.15) is 0 Å². The Morgan fingerprint density at radius 3 is 2.80 bits per heavy atom. The zero-order chi connectivity index (χ0) is 21.1. The quantitative estimate of drug-likeness (QED) is 0.571. The van der Waals surface area contributed by atoms with E-state index in [1.54, 1.807) is 36.7 Å². The third kappa shape index (κ3) is 4.70. The van der Waals surface area contributed by atoms with Crippen molar-refractivity contribution >= 4 is 34.9 Å². The number of carbonyl (C=O) groups is 1. The Morgan fingerprint density at radius 2 is 2.17 bits per heavy atom. The van der Waals surface area contributed by atoms with Crippen LogP contribution in [0, 0.1) is 0 Å². The molecule has 0 aliphatic carbocycles. The topological polar surface area (TPSA) is 73.3 Å². The van der Waals surface area contributed by atoms with E-state index < -0.39 is 0 Å². The minimum absolute atomic E-state index is 0.00613. The molecule has 30 heavy (non-hydrogen) atoms. The Bertz CT molecular complexity index is 1060. The Kier molecular flexibility index (Phi) is 6.13. The van der Waals surface area contributed by atoms with Gasteiger partial charge in [0.15, 0.2) is 0 Å². The molecule has 1 aromatic carbocycles. The second kappa shape index (κ2) is 8.95. The van der Waals surface area contributed by atoms with Gasteiger partial charge in [-0.15, -0.1) is 11.3 Å². The third-order valence-electron chi connectivity index (χ3n) is 4.59. The second-order valence-electron chi connectivity index (χ2n) is 6.89. The first kappa shape index (κ1) is 20.5. The Labute approximate surface area is 183 Å². The van der Waals surface area contributed by atoms with E-state index in [4.69, 9.17) is 21.1 Å². The van der Waals surface area contributed by atoms with Gasteiger partial charge >= 0.3 is 0 Å². The fourth-order valence-electron chi connectivity index (χ4n) is 2.91. The Balaban J connectivity index is 1.60. The van der Waals surface area contributed by atoms with Crippen molar-refractivity contribution in [1.82, 2.24) is 15.3 Å². The summed E-state index contributed by atoms with van der Waals surface area (Å²) < 4.78 is 11.1. The van der Waals surface area contributed by atoms with Gasteiger partial charge in [0, 0.05) is 28.4 Å². The predicted octanol–water partition coefficient (Wildman–Crippen LogP) is 4.77. The molecule has 1 fully saturated rings. The molecule has 0 bridgehead atoms. The third-order valence-corrected chi connectivity index (χ3v) is 5.86. The van der Waals surface area contributed by atoms with Crippen molar-refractivity contribution in [2.45, 2.75) is 19.1 Å². The van der Waals surface area contributed by atoms with E-state index in [2.05, 4.69) is 21.9 Å². The molecule has 0 saturated carbocycles. The van der Waals surface area contributed by atoms with Crippen molar-refractivity contribution < 1.29 is 14.3 Å². The van der Waals surface area contributed by atoms with Crippen LogP contribution in [0.5, 0.6) is 5.75 Å². The lowest BCUT2D eigenvalue weighted by atomic mass is 10.1. The van der Waals surface area contributed by atoms with Gasteiger partial charge in [-0.3, -0.25) is 9.78 Å². The molecular formula is C22H20ClN3O3S. The number of benzene rings is 1. The molecule has 4 rings (SSSR count). The lowest BCUT2D eigenvalue weighted by Crippen LogP contribution is -2.38. The number of thiazole rings is 1. The van der Waals surface area contributed by atoms with Crippen molar-refractivity contribution in [3.63, 3.8) is 0 Å². The number of nitrogens with one attached hydrogen (secondary N) is 1. The predicted molar refractivity (Wildman–Crippen MR) is 118 cm³/mol. The van der Waals surface area contributed by atoms with E-state index in [1.165, 1.54) is 11.3 Å². The molecule has 0 spiro atoms. The number of nitrogens with zero attached hydrogens (tertiary/aromatic N) is 2. The maximum absolute atomic E-state index is 13.0. The first-order valence-electron chi connectivity index (χ1n) is 9.42. The number of hydrogen-bond acceptors (Lipinski definition) is 6. The summed E-state index contributed by atoms with van der Waals surface area (Å²) in [5, 5.41) is 4.32. The number of ether oxygens (including phenoxy) is 2. The lowest BCUT2D eigenvalue weighted by molar-refractivity contribution is -0.0796. The molecule has 1 saturated heterocycles. The first-order chi connectivity index (χ1) is 14.5. The molecule has 154 valence electrons. The van der Waals surface area contributed by atoms with Crippen LogP contribution in [-0.4, -0.2) is 35.2 Å². The molecule has 2 aromatic heterocycles. The highest BCUT2D eigenvalue weighted by Crippen LogP contribution is 2.31. The average Bonchev–Trinajstić information content (AvgIpc) is 3.20. The van der Waals surface area contributed by atoms with E-state index in [0.717, 1.165) is 21.1 Å². The van der Waals surface area contributed by atoms with E-state index in [0.29, 0.717) is 29.5 Å². The molecule has 1 amide bonds. The van der Waals surface area contributed by atoms with Crippen LogP contribution in [-0.2, 0) is 4.74 Å². The highest BCUT2D eigenvalue weighted by Gasteiger charge is 2.22. The number of hydrogen-bond donors (Lipinski definition) is 1. The van der Waals surface area contributed by atoms with Crippen LogP contribution in [0.25, 0.3) is 16.6 Å². The van der Waals surface area contributed by atoms with Gasteiger partial charge in [0.25, 0.3) is 5.91 Å². The van der Waals surface area contributed by atoms with Gasteiger partial charge in [-0.25, -0.2) is 4.98 Å². The molecular weight excluding hydrogens is 422 g/mol. The minimum atomic E-state index is -0.282. The van der Waals surface area contributed by atoms with Gasteiger partial charge in [0.2, 0.25) is 0 Å². The summed E-state index contributed by atoms with van der Waals surface area (Å²) in [4.78, 5) is 22.7. The zero-order valence-electron chi connectivity index (χ0n) is 16.3. The summed E-state index contributed by atoms with van der Waals surface area (Å²) in [6, 6.07) is 8.70. The minimum Gasteiger partial charge on any atom is -0.486 e. The summed E-state index contributed by atoms with van der Waals surface area (Å²) in [5.74, 6) is 0.384. The standard InChI is InChI=1S/C22H20ClN3O3S/c1-3-19-10-25-22(30-19)15-6-14(7-17(8-15)29-18-11-28-12-18)21(27)26-13(2)20-5-4-16(23)9-24-20/h3-10,13,18H,1,11-12H2,2H3,(H,26,27)/t13-/m1/s1. The van der Waals surface area contributed by atoms with E-state index >= 15 is 0 Å². The van der Waals surface area contributed by atoms with Crippen molar-refractivity contribution in [3.8, 4) is 16.3 Å². The number of amides is 1. The van der Waals surface area contributed by atoms with Gasteiger partial charge in [-0.1, -0.05) is 24.3 Å². The summed E-state index contributed by atoms with van der Waals surface area (Å²) >= 11 is 7.40. The fourth-order valence-corrected chi connectivity index (χ4v) is 3.77. The summed E-state index contributed by atoms with van der Waals surface area (Å²) in [7, 11) is 0. The Hall–Kier alpha value is -2.74. The second-order valence-corrected chi connectivity index (χ2v) is 8.39. The summed E-state index contributed by atoms with van der Waals surface area (Å²) in [6.07, 6.45) is 5.07. The van der Waals surface area contributed by atoms with E-state index in [1.807, 2.05) is 19.1 Å². The smallest absolute Gasteiger partial charge is 0.251 e. The Morgan fingerprint density at radius 1 is 1.33 bits per heavy atom. The molecule has 1 N–H and O–H groups in total. The van der Waals surface area contributed by atoms with Crippen molar-refractivity contribution in [2.24, 2.45) is 0 Å². The highest BCUT2D eigenvalue weighted by atomic mass is 35.5. The van der Waals surface area contributed by atoms with Crippen LogP contribution in [0.2, 0.25) is 5.02 Å². The van der Waals surface area contributed by atoms with Gasteiger partial charge in [-0.05, 0) is 37.3 Å². The fraction of sp³-hybridized carbons (Fsp3) is 0.227. The maximum Gasteiger partial charge on any atom is 0.251 e. The number of carbonyl (C=O) groups excluding carboxylic acids is 1. The normalized spacial score (nSPS) is 14.6. The van der Waals surface area contributed by atoms with E-state index in [-0.39, 0.29) is 18.1 Å². The van der Waals surface area contributed by atoms with Crippen LogP contribution in [0.4, 0.5) is 0 Å². The first-order valence-corrected chi connectivity index (χ1v) is 10.6. The SMILES string of the molecule is C=Cc1cnc(-c2cc(OC3COC3)cc(C(=O)N[C@H](C)c3ccc(Cl)cn3)c2)s1. The van der Waals surface area contributed by atoms with Crippen LogP contribution in [0.1, 0.15) is 33.9 Å². The molecule has 0 unspecified atom stereocenters. The number of rotatable bonds is 7. The van der Waals surface area contributed by atoms with Gasteiger partial charge < -0.3 is 14.8 Å². The van der Waals surface area contributed by atoms with Gasteiger partial charge in [0.05, 0.1) is 30.0 Å². The molecule has 8 heteroatoms. The van der Waals surface area contributed by atoms with Crippen molar-refractivity contribution in [3.05, 3.63) is 70.5 Å². The molecule has 6 nitrogen and oxygen atoms in total. The molecule has 3 aromatic rings. The van der Waals surface area contributed by atoms with Crippen molar-refractivity contribution in [2.75, 3.05) is 13.2 Å². The largest absolute Gasteiger partial charge is 0.486 e. The molecule has 1 atom stereocenters. The monoisotopic (exact) mass is 441 g/mol. The lowest BCUT2D eigenvalue weighted by Gasteiger charge is -2.27. The summed E-state index contributed by atoms with van der Waals surface area (Å²) in [5.41, 5.74) is 2.02. The number of aromatic nitrogens is 2. The van der Waals surface area contributed by atoms with Crippen LogP contribution in [0.15, 0.2) is 49.3 Å². The van der Waals surface area contributed by atoms with Gasteiger partial charge in [0.1, 0.15) is 16.9 Å². The number of halogens is 1. The van der Waals surface area contributed by atoms with E-state index in [9.17, 15) is 4.79 Å².